The molecular weight excluding hydrogens is 306 g/mol. The van der Waals surface area contributed by atoms with Crippen LogP contribution < -0.4 is 5.32 Å². The Hall–Kier alpha value is -2.56. The van der Waals surface area contributed by atoms with Crippen molar-refractivity contribution in [2.45, 2.75) is 45.3 Å². The van der Waals surface area contributed by atoms with E-state index in [2.05, 4.69) is 5.32 Å². The molecule has 2 aromatic rings. The van der Waals surface area contributed by atoms with Crippen molar-refractivity contribution in [1.29, 1.82) is 0 Å². The fourth-order valence-corrected chi connectivity index (χ4v) is 2.52. The van der Waals surface area contributed by atoms with Gasteiger partial charge in [-0.2, -0.15) is 0 Å². The molecule has 0 spiro atoms. The minimum Gasteiger partial charge on any atom is -0.480 e. The van der Waals surface area contributed by atoms with E-state index in [1.54, 1.807) is 20.8 Å². The van der Waals surface area contributed by atoms with Gasteiger partial charge in [-0.25, -0.2) is 9.59 Å². The Morgan fingerprint density at radius 2 is 1.79 bits per heavy atom. The maximum atomic E-state index is 11.8. The zero-order valence-corrected chi connectivity index (χ0v) is 14.2. The van der Waals surface area contributed by atoms with Crippen molar-refractivity contribution in [1.82, 2.24) is 5.32 Å². The molecule has 5 heteroatoms. The van der Waals surface area contributed by atoms with Gasteiger partial charge in [-0.1, -0.05) is 42.5 Å². The standard InChI is InChI=1S/C19H23NO4/c1-19(2,3)24-18(23)20-16(17(21)22)12-11-14-9-6-8-13-7-4-5-10-15(13)14/h4-10,16H,11-12H2,1-3H3,(H,20,23)(H,21,22)/t16-/m0/s1. The van der Waals surface area contributed by atoms with E-state index in [0.717, 1.165) is 16.3 Å². The molecule has 0 aliphatic carbocycles. The second-order valence-electron chi connectivity index (χ2n) is 6.71. The second-order valence-corrected chi connectivity index (χ2v) is 6.71. The lowest BCUT2D eigenvalue weighted by atomic mass is 9.99. The normalized spacial score (nSPS) is 12.6. The number of aryl methyl sites for hydroxylation is 1. The number of nitrogens with one attached hydrogen (secondary N) is 1. The number of carboxylic acids is 1. The van der Waals surface area contributed by atoms with Gasteiger partial charge in [0.25, 0.3) is 0 Å². The molecule has 1 atom stereocenters. The molecule has 0 radical (unpaired) electrons. The molecule has 0 heterocycles. The van der Waals surface area contributed by atoms with Crippen molar-refractivity contribution in [3.63, 3.8) is 0 Å². The van der Waals surface area contributed by atoms with Crippen molar-refractivity contribution in [2.75, 3.05) is 0 Å². The molecule has 0 aliphatic rings. The molecule has 2 rings (SSSR count). The lowest BCUT2D eigenvalue weighted by molar-refractivity contribution is -0.139. The van der Waals surface area contributed by atoms with Crippen molar-refractivity contribution >= 4 is 22.8 Å². The van der Waals surface area contributed by atoms with Gasteiger partial charge in [0.05, 0.1) is 0 Å². The fourth-order valence-electron chi connectivity index (χ4n) is 2.52. The first-order valence-electron chi connectivity index (χ1n) is 7.95. The topological polar surface area (TPSA) is 75.6 Å². The van der Waals surface area contributed by atoms with E-state index in [-0.39, 0.29) is 0 Å². The van der Waals surface area contributed by atoms with Crippen LogP contribution in [0, 0.1) is 0 Å². The average Bonchev–Trinajstić information content (AvgIpc) is 2.49. The fraction of sp³-hybridized carbons (Fsp3) is 0.368. The van der Waals surface area contributed by atoms with Gasteiger partial charge in [0, 0.05) is 0 Å². The summed E-state index contributed by atoms with van der Waals surface area (Å²) >= 11 is 0. The zero-order valence-electron chi connectivity index (χ0n) is 14.2. The number of aliphatic carboxylic acids is 1. The van der Waals surface area contributed by atoms with Crippen molar-refractivity contribution < 1.29 is 19.4 Å². The maximum Gasteiger partial charge on any atom is 0.408 e. The van der Waals surface area contributed by atoms with Gasteiger partial charge in [-0.15, -0.1) is 0 Å². The number of hydrogen-bond donors (Lipinski definition) is 2. The minimum atomic E-state index is -1.07. The number of ether oxygens (including phenoxy) is 1. The molecule has 128 valence electrons. The molecule has 0 bridgehead atoms. The van der Waals surface area contributed by atoms with Crippen LogP contribution in [0.25, 0.3) is 10.8 Å². The summed E-state index contributed by atoms with van der Waals surface area (Å²) in [5.74, 6) is -1.07. The highest BCUT2D eigenvalue weighted by molar-refractivity contribution is 5.86. The first-order chi connectivity index (χ1) is 11.3. The van der Waals surface area contributed by atoms with Gasteiger partial charge in [0.2, 0.25) is 0 Å². The minimum absolute atomic E-state index is 0.294. The third kappa shape index (κ3) is 4.98. The number of rotatable bonds is 5. The molecule has 0 saturated carbocycles. The summed E-state index contributed by atoms with van der Waals surface area (Å²) in [6.45, 7) is 5.20. The highest BCUT2D eigenvalue weighted by Gasteiger charge is 2.23. The molecule has 1 amide bonds. The van der Waals surface area contributed by atoms with E-state index in [1.807, 2.05) is 42.5 Å². The van der Waals surface area contributed by atoms with Crippen LogP contribution in [0.2, 0.25) is 0 Å². The highest BCUT2D eigenvalue weighted by atomic mass is 16.6. The first kappa shape index (κ1) is 17.8. The van der Waals surface area contributed by atoms with Crippen molar-refractivity contribution in [2.24, 2.45) is 0 Å². The maximum absolute atomic E-state index is 11.8. The van der Waals surface area contributed by atoms with Gasteiger partial charge in [0.1, 0.15) is 11.6 Å². The van der Waals surface area contributed by atoms with Crippen LogP contribution in [-0.4, -0.2) is 28.8 Å². The third-order valence-corrected chi connectivity index (χ3v) is 3.57. The Kier molecular flexibility index (Phi) is 5.44. The highest BCUT2D eigenvalue weighted by Crippen LogP contribution is 2.20. The summed E-state index contributed by atoms with van der Waals surface area (Å²) in [7, 11) is 0. The first-order valence-corrected chi connectivity index (χ1v) is 7.95. The lowest BCUT2D eigenvalue weighted by Crippen LogP contribution is -2.43. The average molecular weight is 329 g/mol. The van der Waals surface area contributed by atoms with E-state index >= 15 is 0 Å². The summed E-state index contributed by atoms with van der Waals surface area (Å²) in [5.41, 5.74) is 0.397. The number of alkyl carbamates (subject to hydrolysis) is 1. The molecule has 2 N–H and O–H groups in total. The number of hydrogen-bond acceptors (Lipinski definition) is 3. The summed E-state index contributed by atoms with van der Waals surface area (Å²) in [5, 5.41) is 14.0. The molecule has 5 nitrogen and oxygen atoms in total. The van der Waals surface area contributed by atoms with E-state index < -0.39 is 23.7 Å². The van der Waals surface area contributed by atoms with Crippen molar-refractivity contribution in [3.8, 4) is 0 Å². The second kappa shape index (κ2) is 7.34. The molecule has 24 heavy (non-hydrogen) atoms. The van der Waals surface area contributed by atoms with Gasteiger partial charge in [-0.05, 0) is 49.9 Å². The monoisotopic (exact) mass is 329 g/mol. The van der Waals surface area contributed by atoms with E-state index in [0.29, 0.717) is 12.8 Å². The third-order valence-electron chi connectivity index (χ3n) is 3.57. The molecule has 2 aromatic carbocycles. The summed E-state index contributed by atoms with van der Waals surface area (Å²) < 4.78 is 5.13. The smallest absolute Gasteiger partial charge is 0.408 e. The summed E-state index contributed by atoms with van der Waals surface area (Å²) in [4.78, 5) is 23.2. The molecule has 0 saturated heterocycles. The van der Waals surface area contributed by atoms with Crippen LogP contribution in [0.15, 0.2) is 42.5 Å². The van der Waals surface area contributed by atoms with Crippen LogP contribution in [-0.2, 0) is 16.0 Å². The van der Waals surface area contributed by atoms with Crippen LogP contribution in [0.3, 0.4) is 0 Å². The number of carbonyl (C=O) groups is 2. The largest absolute Gasteiger partial charge is 0.480 e. The summed E-state index contributed by atoms with van der Waals surface area (Å²) in [6.07, 6.45) is 0.129. The van der Waals surface area contributed by atoms with Crippen LogP contribution in [0.5, 0.6) is 0 Å². The number of amides is 1. The van der Waals surface area contributed by atoms with Crippen LogP contribution >= 0.6 is 0 Å². The molecular formula is C19H23NO4. The predicted molar refractivity (Wildman–Crippen MR) is 93.1 cm³/mol. The predicted octanol–water partition coefficient (Wildman–Crippen LogP) is 3.75. The Labute approximate surface area is 141 Å². The van der Waals surface area contributed by atoms with Crippen molar-refractivity contribution in [3.05, 3.63) is 48.0 Å². The Bertz CT molecular complexity index is 728. The Balaban J connectivity index is 2.06. The van der Waals surface area contributed by atoms with Gasteiger partial charge >= 0.3 is 12.1 Å². The molecule has 0 aromatic heterocycles. The molecule has 0 unspecified atom stereocenters. The van der Waals surface area contributed by atoms with E-state index in [1.165, 1.54) is 0 Å². The van der Waals surface area contributed by atoms with E-state index in [4.69, 9.17) is 4.74 Å². The molecule has 0 fully saturated rings. The molecule has 0 aliphatic heterocycles. The quantitative estimate of drug-likeness (QED) is 0.876. The summed E-state index contributed by atoms with van der Waals surface area (Å²) in [6, 6.07) is 12.9. The number of carbonyl (C=O) groups excluding carboxylic acids is 1. The lowest BCUT2D eigenvalue weighted by Gasteiger charge is -2.22. The number of carboxylic acid groups (broad SMARTS) is 1. The van der Waals surface area contributed by atoms with Crippen LogP contribution in [0.1, 0.15) is 32.8 Å². The number of fused-ring (bicyclic) bond motifs is 1. The van der Waals surface area contributed by atoms with Gasteiger partial charge in [-0.3, -0.25) is 0 Å². The number of benzene rings is 2. The van der Waals surface area contributed by atoms with Crippen LogP contribution in [0.4, 0.5) is 4.79 Å². The Morgan fingerprint density at radius 3 is 2.46 bits per heavy atom. The van der Waals surface area contributed by atoms with Gasteiger partial charge in [0.15, 0.2) is 0 Å². The Morgan fingerprint density at radius 1 is 1.12 bits per heavy atom. The van der Waals surface area contributed by atoms with E-state index in [9.17, 15) is 14.7 Å². The SMILES string of the molecule is CC(C)(C)OC(=O)N[C@@H](CCc1cccc2ccccc12)C(=O)O. The zero-order chi connectivity index (χ0) is 17.7. The van der Waals surface area contributed by atoms with Gasteiger partial charge < -0.3 is 15.2 Å².